The van der Waals surface area contributed by atoms with Gasteiger partial charge in [0.25, 0.3) is 5.91 Å². The molecule has 0 saturated heterocycles. The topological polar surface area (TPSA) is 99.0 Å². The summed E-state index contributed by atoms with van der Waals surface area (Å²) in [4.78, 5) is 25.0. The summed E-state index contributed by atoms with van der Waals surface area (Å²) in [5, 5.41) is 6.02. The summed E-state index contributed by atoms with van der Waals surface area (Å²) < 4.78 is 21.0. The van der Waals surface area contributed by atoms with Crippen LogP contribution >= 0.6 is 0 Å². The van der Waals surface area contributed by atoms with Crippen molar-refractivity contribution in [3.05, 3.63) is 48.2 Å². The molecule has 2 amide bonds. The monoisotopic (exact) mass is 384 g/mol. The summed E-state index contributed by atoms with van der Waals surface area (Å²) >= 11 is 0. The van der Waals surface area contributed by atoms with Crippen molar-refractivity contribution < 1.29 is 28.2 Å². The first-order chi connectivity index (χ1) is 13.6. The van der Waals surface area contributed by atoms with Gasteiger partial charge in [-0.3, -0.25) is 9.59 Å². The normalized spacial score (nSPS) is 10.5. The van der Waals surface area contributed by atoms with Gasteiger partial charge in [0.1, 0.15) is 29.4 Å². The van der Waals surface area contributed by atoms with Crippen LogP contribution in [0.2, 0.25) is 0 Å². The number of fused-ring (bicyclic) bond motifs is 1. The number of nitrogens with one attached hydrogen (secondary N) is 2. The SMILES string of the molecule is COCC(=O)Nc1c(C(=O)Nc2cc(OC)ccc2OC)oc2ccccc12. The maximum absolute atomic E-state index is 12.9. The molecular formula is C20H20N2O6. The minimum atomic E-state index is -0.546. The van der Waals surface area contributed by atoms with Gasteiger partial charge in [-0.15, -0.1) is 0 Å². The van der Waals surface area contributed by atoms with Crippen molar-refractivity contribution >= 4 is 34.2 Å². The van der Waals surface area contributed by atoms with Gasteiger partial charge < -0.3 is 29.3 Å². The van der Waals surface area contributed by atoms with Crippen LogP contribution in [0.5, 0.6) is 11.5 Å². The minimum Gasteiger partial charge on any atom is -0.497 e. The number of carbonyl (C=O) groups excluding carboxylic acids is 2. The summed E-state index contributed by atoms with van der Waals surface area (Å²) in [7, 11) is 4.43. The molecule has 0 aliphatic carbocycles. The Bertz CT molecular complexity index is 1010. The van der Waals surface area contributed by atoms with Crippen molar-refractivity contribution in [3.8, 4) is 11.5 Å². The molecule has 1 aromatic heterocycles. The van der Waals surface area contributed by atoms with E-state index in [-0.39, 0.29) is 18.1 Å². The molecule has 1 heterocycles. The molecule has 0 bridgehead atoms. The molecule has 146 valence electrons. The van der Waals surface area contributed by atoms with Crippen LogP contribution in [0.15, 0.2) is 46.9 Å². The lowest BCUT2D eigenvalue weighted by atomic mass is 10.2. The number of anilines is 2. The zero-order valence-corrected chi connectivity index (χ0v) is 15.7. The number of amides is 2. The molecule has 0 unspecified atom stereocenters. The van der Waals surface area contributed by atoms with E-state index in [0.717, 1.165) is 0 Å². The maximum Gasteiger partial charge on any atom is 0.293 e. The Morgan fingerprint density at radius 2 is 1.79 bits per heavy atom. The van der Waals surface area contributed by atoms with E-state index in [2.05, 4.69) is 10.6 Å². The van der Waals surface area contributed by atoms with Crippen LogP contribution in [0, 0.1) is 0 Å². The van der Waals surface area contributed by atoms with Crippen LogP contribution < -0.4 is 20.1 Å². The molecule has 0 atom stereocenters. The van der Waals surface area contributed by atoms with Crippen LogP contribution in [0.4, 0.5) is 11.4 Å². The highest BCUT2D eigenvalue weighted by Gasteiger charge is 2.23. The highest BCUT2D eigenvalue weighted by atomic mass is 16.5. The van der Waals surface area contributed by atoms with Crippen molar-refractivity contribution in [3.63, 3.8) is 0 Å². The molecule has 0 fully saturated rings. The molecule has 0 aliphatic rings. The van der Waals surface area contributed by atoms with Gasteiger partial charge in [0.15, 0.2) is 0 Å². The highest BCUT2D eigenvalue weighted by molar-refractivity contribution is 6.15. The van der Waals surface area contributed by atoms with E-state index < -0.39 is 11.8 Å². The fourth-order valence-corrected chi connectivity index (χ4v) is 2.73. The number of hydrogen-bond donors (Lipinski definition) is 2. The Hall–Kier alpha value is -3.52. The Balaban J connectivity index is 1.98. The predicted molar refractivity (Wildman–Crippen MR) is 104 cm³/mol. The van der Waals surface area contributed by atoms with E-state index >= 15 is 0 Å². The second-order valence-electron chi connectivity index (χ2n) is 5.80. The standard InChI is InChI=1S/C20H20N2O6/c1-25-11-17(23)22-18-13-6-4-5-7-15(13)28-19(18)20(24)21-14-10-12(26-2)8-9-16(14)27-3/h4-10H,11H2,1-3H3,(H,21,24)(H,22,23). The maximum atomic E-state index is 12.9. The lowest BCUT2D eigenvalue weighted by Crippen LogP contribution is -2.20. The third-order valence-corrected chi connectivity index (χ3v) is 4.00. The molecule has 0 saturated carbocycles. The van der Waals surface area contributed by atoms with Crippen molar-refractivity contribution in [1.82, 2.24) is 0 Å². The smallest absolute Gasteiger partial charge is 0.293 e. The van der Waals surface area contributed by atoms with E-state index in [4.69, 9.17) is 18.6 Å². The van der Waals surface area contributed by atoms with E-state index in [9.17, 15) is 9.59 Å². The summed E-state index contributed by atoms with van der Waals surface area (Å²) in [6.45, 7) is -0.149. The van der Waals surface area contributed by atoms with Crippen molar-refractivity contribution in [2.75, 3.05) is 38.6 Å². The number of carbonyl (C=O) groups is 2. The Labute approximate surface area is 161 Å². The van der Waals surface area contributed by atoms with Gasteiger partial charge in [0, 0.05) is 18.6 Å². The molecule has 8 nitrogen and oxygen atoms in total. The highest BCUT2D eigenvalue weighted by Crippen LogP contribution is 2.33. The van der Waals surface area contributed by atoms with Gasteiger partial charge in [-0.2, -0.15) is 0 Å². The summed E-state index contributed by atoms with van der Waals surface area (Å²) in [6, 6.07) is 12.0. The molecule has 0 aliphatic heterocycles. The number of hydrogen-bond acceptors (Lipinski definition) is 6. The predicted octanol–water partition coefficient (Wildman–Crippen LogP) is 3.29. The van der Waals surface area contributed by atoms with Gasteiger partial charge in [0.05, 0.1) is 19.9 Å². The first-order valence-corrected chi connectivity index (χ1v) is 8.41. The molecule has 28 heavy (non-hydrogen) atoms. The Kier molecular flexibility index (Phi) is 5.81. The van der Waals surface area contributed by atoms with Crippen LogP contribution in [-0.2, 0) is 9.53 Å². The number of methoxy groups -OCH3 is 3. The second-order valence-corrected chi connectivity index (χ2v) is 5.80. The second kappa shape index (κ2) is 8.45. The summed E-state index contributed by atoms with van der Waals surface area (Å²) in [5.74, 6) is 0.0256. The average molecular weight is 384 g/mol. The Morgan fingerprint density at radius 1 is 1.00 bits per heavy atom. The largest absolute Gasteiger partial charge is 0.497 e. The minimum absolute atomic E-state index is 0.0319. The lowest BCUT2D eigenvalue weighted by molar-refractivity contribution is -0.119. The van der Waals surface area contributed by atoms with Gasteiger partial charge in [-0.25, -0.2) is 0 Å². The molecule has 2 aromatic carbocycles. The molecule has 3 rings (SSSR count). The molecule has 0 radical (unpaired) electrons. The average Bonchev–Trinajstić information content (AvgIpc) is 3.06. The van der Waals surface area contributed by atoms with E-state index in [1.54, 1.807) is 42.5 Å². The van der Waals surface area contributed by atoms with Crippen LogP contribution in [0.25, 0.3) is 11.0 Å². The quantitative estimate of drug-likeness (QED) is 0.649. The van der Waals surface area contributed by atoms with Crippen molar-refractivity contribution in [1.29, 1.82) is 0 Å². The van der Waals surface area contributed by atoms with Gasteiger partial charge >= 0.3 is 0 Å². The molecule has 3 aromatic rings. The first-order valence-electron chi connectivity index (χ1n) is 8.41. The number of para-hydroxylation sites is 1. The van der Waals surface area contributed by atoms with E-state index in [1.165, 1.54) is 21.3 Å². The van der Waals surface area contributed by atoms with Gasteiger partial charge in [-0.1, -0.05) is 12.1 Å². The Morgan fingerprint density at radius 3 is 2.50 bits per heavy atom. The van der Waals surface area contributed by atoms with Gasteiger partial charge in [-0.05, 0) is 24.3 Å². The van der Waals surface area contributed by atoms with Crippen LogP contribution in [-0.4, -0.2) is 39.8 Å². The summed E-state index contributed by atoms with van der Waals surface area (Å²) in [6.07, 6.45) is 0. The zero-order valence-electron chi connectivity index (χ0n) is 15.7. The molecule has 8 heteroatoms. The zero-order chi connectivity index (χ0) is 20.1. The number of furan rings is 1. The lowest BCUT2D eigenvalue weighted by Gasteiger charge is -2.11. The third-order valence-electron chi connectivity index (χ3n) is 4.00. The third kappa shape index (κ3) is 3.91. The van der Waals surface area contributed by atoms with Gasteiger partial charge in [0.2, 0.25) is 11.7 Å². The van der Waals surface area contributed by atoms with Crippen molar-refractivity contribution in [2.45, 2.75) is 0 Å². The fraction of sp³-hybridized carbons (Fsp3) is 0.200. The molecule has 0 spiro atoms. The fourth-order valence-electron chi connectivity index (χ4n) is 2.73. The number of benzene rings is 2. The molecule has 2 N–H and O–H groups in total. The number of ether oxygens (including phenoxy) is 3. The van der Waals surface area contributed by atoms with Crippen molar-refractivity contribution in [2.24, 2.45) is 0 Å². The molecular weight excluding hydrogens is 364 g/mol. The van der Waals surface area contributed by atoms with Crippen LogP contribution in [0.1, 0.15) is 10.6 Å². The van der Waals surface area contributed by atoms with E-state index in [1.807, 2.05) is 0 Å². The number of rotatable bonds is 7. The van der Waals surface area contributed by atoms with Crippen LogP contribution in [0.3, 0.4) is 0 Å². The van der Waals surface area contributed by atoms with E-state index in [0.29, 0.717) is 28.2 Å². The first kappa shape index (κ1) is 19.2. The summed E-state index contributed by atoms with van der Waals surface area (Å²) in [5.41, 5.74) is 1.15.